The Morgan fingerprint density at radius 2 is 1.61 bits per heavy atom. The van der Waals surface area contributed by atoms with E-state index in [-0.39, 0.29) is 11.9 Å². The molecule has 0 spiro atoms. The number of piperidine rings is 1. The standard InChI is InChI=1S/C24H31N3O4/c1-4-31-24(30)18-8-6-10-27(15-18)21-20(22(28)23(21)29)26-13-11-25(12-14-26)19-9-5-7-16(2)17(19)3/h5,7,9,18H,4,6,8,10-15H2,1-3H3/t18-/m1/s1. The molecule has 2 aromatic carbocycles. The maximum Gasteiger partial charge on any atom is 0.310 e. The van der Waals surface area contributed by atoms with Crippen LogP contribution in [0.15, 0.2) is 27.8 Å². The summed E-state index contributed by atoms with van der Waals surface area (Å²) < 4.78 is 5.17. The summed E-state index contributed by atoms with van der Waals surface area (Å²) >= 11 is 0. The van der Waals surface area contributed by atoms with E-state index in [2.05, 4.69) is 41.8 Å². The number of nitrogens with zero attached hydrogens (tertiary/aromatic N) is 3. The van der Waals surface area contributed by atoms with Crippen LogP contribution < -0.4 is 25.6 Å². The number of anilines is 3. The molecular weight excluding hydrogens is 394 g/mol. The van der Waals surface area contributed by atoms with Crippen molar-refractivity contribution in [3.05, 3.63) is 49.8 Å². The highest BCUT2D eigenvalue weighted by Gasteiger charge is 2.35. The molecule has 0 saturated carbocycles. The van der Waals surface area contributed by atoms with Gasteiger partial charge in [-0.2, -0.15) is 0 Å². The number of piperazine rings is 1. The summed E-state index contributed by atoms with van der Waals surface area (Å²) in [6, 6.07) is 6.34. The molecule has 7 heteroatoms. The summed E-state index contributed by atoms with van der Waals surface area (Å²) in [6.07, 6.45) is 1.57. The van der Waals surface area contributed by atoms with Crippen molar-refractivity contribution in [2.24, 2.45) is 5.92 Å². The minimum atomic E-state index is -0.420. The van der Waals surface area contributed by atoms with Gasteiger partial charge in [0.05, 0.1) is 12.5 Å². The monoisotopic (exact) mass is 425 g/mol. The number of benzene rings is 1. The first-order valence-electron chi connectivity index (χ1n) is 11.2. The highest BCUT2D eigenvalue weighted by molar-refractivity contribution is 5.79. The number of carbonyl (C=O) groups is 1. The van der Waals surface area contributed by atoms with Gasteiger partial charge in [-0.25, -0.2) is 0 Å². The third kappa shape index (κ3) is 3.93. The first-order chi connectivity index (χ1) is 14.9. The minimum Gasteiger partial charge on any atom is -0.466 e. The Morgan fingerprint density at radius 1 is 0.968 bits per heavy atom. The van der Waals surface area contributed by atoms with Crippen LogP contribution in [-0.4, -0.2) is 51.8 Å². The number of aryl methyl sites for hydroxylation is 1. The van der Waals surface area contributed by atoms with Crippen LogP contribution in [0.4, 0.5) is 17.1 Å². The molecule has 0 unspecified atom stereocenters. The van der Waals surface area contributed by atoms with Crippen molar-refractivity contribution in [1.82, 2.24) is 0 Å². The Balaban J connectivity index is 1.48. The highest BCUT2D eigenvalue weighted by atomic mass is 16.5. The minimum absolute atomic E-state index is 0.213. The number of rotatable bonds is 5. The van der Waals surface area contributed by atoms with Crippen molar-refractivity contribution in [2.45, 2.75) is 33.6 Å². The smallest absolute Gasteiger partial charge is 0.310 e. The third-order valence-corrected chi connectivity index (χ3v) is 6.73. The number of hydrogen-bond donors (Lipinski definition) is 0. The summed E-state index contributed by atoms with van der Waals surface area (Å²) in [5.41, 5.74) is 4.01. The molecule has 2 saturated heterocycles. The van der Waals surface area contributed by atoms with Gasteiger partial charge >= 0.3 is 5.97 Å². The van der Waals surface area contributed by atoms with E-state index >= 15 is 0 Å². The number of esters is 1. The summed E-state index contributed by atoms with van der Waals surface area (Å²) in [4.78, 5) is 43.5. The summed E-state index contributed by atoms with van der Waals surface area (Å²) in [5.74, 6) is -0.457. The molecule has 0 aliphatic carbocycles. The molecule has 2 fully saturated rings. The molecule has 0 radical (unpaired) electrons. The lowest BCUT2D eigenvalue weighted by Crippen LogP contribution is -2.54. The van der Waals surface area contributed by atoms with Crippen LogP contribution in [0, 0.1) is 19.8 Å². The van der Waals surface area contributed by atoms with Crippen LogP contribution >= 0.6 is 0 Å². The van der Waals surface area contributed by atoms with E-state index in [1.165, 1.54) is 16.8 Å². The lowest BCUT2D eigenvalue weighted by atomic mass is 9.96. The zero-order valence-corrected chi connectivity index (χ0v) is 18.6. The summed E-state index contributed by atoms with van der Waals surface area (Å²) in [6.45, 7) is 10.5. The molecule has 2 heterocycles. The van der Waals surface area contributed by atoms with E-state index in [9.17, 15) is 14.4 Å². The number of hydrogen-bond acceptors (Lipinski definition) is 7. The average molecular weight is 426 g/mol. The van der Waals surface area contributed by atoms with Crippen LogP contribution in [-0.2, 0) is 9.53 Å². The van der Waals surface area contributed by atoms with E-state index in [4.69, 9.17) is 4.74 Å². The van der Waals surface area contributed by atoms with Crippen LogP contribution in [0.25, 0.3) is 0 Å². The Labute approximate surface area is 182 Å². The van der Waals surface area contributed by atoms with Gasteiger partial charge in [0, 0.05) is 45.0 Å². The van der Waals surface area contributed by atoms with Gasteiger partial charge in [0.25, 0.3) is 10.9 Å². The van der Waals surface area contributed by atoms with Gasteiger partial charge in [-0.1, -0.05) is 12.1 Å². The average Bonchev–Trinajstić information content (AvgIpc) is 2.79. The molecule has 0 bridgehead atoms. The van der Waals surface area contributed by atoms with Crippen molar-refractivity contribution >= 4 is 23.0 Å². The Morgan fingerprint density at radius 3 is 2.29 bits per heavy atom. The molecule has 0 N–H and O–H groups in total. The maximum atomic E-state index is 12.5. The second kappa shape index (κ2) is 8.73. The molecular formula is C24H31N3O4. The Bertz CT molecular complexity index is 1030. The molecule has 4 rings (SSSR count). The van der Waals surface area contributed by atoms with E-state index in [0.29, 0.717) is 44.2 Å². The Hall–Kier alpha value is -2.83. The van der Waals surface area contributed by atoms with Crippen molar-refractivity contribution < 1.29 is 9.53 Å². The predicted molar refractivity (Wildman–Crippen MR) is 123 cm³/mol. The highest BCUT2D eigenvalue weighted by Crippen LogP contribution is 2.31. The van der Waals surface area contributed by atoms with Crippen molar-refractivity contribution in [3.63, 3.8) is 0 Å². The summed E-state index contributed by atoms with van der Waals surface area (Å²) in [5, 5.41) is 0. The second-order valence-electron chi connectivity index (χ2n) is 8.59. The fourth-order valence-electron chi connectivity index (χ4n) is 4.84. The molecule has 0 amide bonds. The van der Waals surface area contributed by atoms with Gasteiger partial charge in [0.1, 0.15) is 11.4 Å². The van der Waals surface area contributed by atoms with Crippen LogP contribution in [0.1, 0.15) is 30.9 Å². The van der Waals surface area contributed by atoms with Gasteiger partial charge in [-0.05, 0) is 50.8 Å². The number of ether oxygens (including phenoxy) is 1. The zero-order valence-electron chi connectivity index (χ0n) is 18.6. The molecule has 1 atom stereocenters. The SMILES string of the molecule is CCOC(=O)[C@@H]1CCCN(c2c(N3CCN(c4cccc(C)c4C)CC3)c(=O)c2=O)C1. The molecule has 166 valence electrons. The normalized spacial score (nSPS) is 19.7. The Kier molecular flexibility index (Phi) is 6.03. The van der Waals surface area contributed by atoms with E-state index in [1.807, 2.05) is 4.90 Å². The van der Waals surface area contributed by atoms with Gasteiger partial charge < -0.3 is 19.4 Å². The van der Waals surface area contributed by atoms with Crippen molar-refractivity contribution in [1.29, 1.82) is 0 Å². The topological polar surface area (TPSA) is 70.2 Å². The van der Waals surface area contributed by atoms with Gasteiger partial charge in [0.15, 0.2) is 0 Å². The lowest BCUT2D eigenvalue weighted by molar-refractivity contribution is -0.148. The van der Waals surface area contributed by atoms with Gasteiger partial charge in [0.2, 0.25) is 0 Å². The second-order valence-corrected chi connectivity index (χ2v) is 8.59. The number of carbonyl (C=O) groups excluding carboxylic acids is 1. The molecule has 31 heavy (non-hydrogen) atoms. The third-order valence-electron chi connectivity index (χ3n) is 6.73. The van der Waals surface area contributed by atoms with Crippen LogP contribution in [0.5, 0.6) is 0 Å². The van der Waals surface area contributed by atoms with Crippen LogP contribution in [0.2, 0.25) is 0 Å². The first kappa shape index (κ1) is 21.4. The largest absolute Gasteiger partial charge is 0.466 e. The lowest BCUT2D eigenvalue weighted by Gasteiger charge is -2.41. The van der Waals surface area contributed by atoms with E-state index in [1.54, 1.807) is 6.92 Å². The first-order valence-corrected chi connectivity index (χ1v) is 11.2. The maximum absolute atomic E-state index is 12.5. The van der Waals surface area contributed by atoms with Crippen molar-refractivity contribution in [2.75, 3.05) is 60.6 Å². The fourth-order valence-corrected chi connectivity index (χ4v) is 4.84. The van der Waals surface area contributed by atoms with Gasteiger partial charge in [-0.15, -0.1) is 0 Å². The van der Waals surface area contributed by atoms with Gasteiger partial charge in [-0.3, -0.25) is 14.4 Å². The molecule has 2 aromatic rings. The summed E-state index contributed by atoms with van der Waals surface area (Å²) in [7, 11) is 0. The van der Waals surface area contributed by atoms with Crippen molar-refractivity contribution in [3.8, 4) is 0 Å². The molecule has 2 aliphatic rings. The van der Waals surface area contributed by atoms with E-state index < -0.39 is 10.9 Å². The fraction of sp³-hybridized carbons (Fsp3) is 0.542. The quantitative estimate of drug-likeness (QED) is 0.536. The van der Waals surface area contributed by atoms with E-state index in [0.717, 1.165) is 25.9 Å². The molecule has 7 nitrogen and oxygen atoms in total. The van der Waals surface area contributed by atoms with Crippen LogP contribution in [0.3, 0.4) is 0 Å². The molecule has 2 aliphatic heterocycles. The zero-order chi connectivity index (χ0) is 22.1. The predicted octanol–water partition coefficient (Wildman–Crippen LogP) is 2.01. The molecule has 0 aromatic heterocycles.